The van der Waals surface area contributed by atoms with E-state index in [-0.39, 0.29) is 4.90 Å². The zero-order chi connectivity index (χ0) is 25.0. The van der Waals surface area contributed by atoms with Crippen LogP contribution in [0.25, 0.3) is 0 Å². The topological polar surface area (TPSA) is 105 Å². The van der Waals surface area contributed by atoms with E-state index in [2.05, 4.69) is 25.3 Å². The van der Waals surface area contributed by atoms with Crippen LogP contribution >= 0.6 is 0 Å². The zero-order valence-corrected chi connectivity index (χ0v) is 21.5. The molecule has 1 heterocycles. The van der Waals surface area contributed by atoms with E-state index in [1.54, 1.807) is 38.3 Å². The van der Waals surface area contributed by atoms with Crippen molar-refractivity contribution < 1.29 is 13.2 Å². The number of methoxy groups -OCH3 is 1. The number of aromatic nitrogens is 2. The maximum Gasteiger partial charge on any atom is 0.262 e. The molecule has 9 heteroatoms. The molecule has 0 bridgehead atoms. The molecule has 0 saturated heterocycles. The van der Waals surface area contributed by atoms with Gasteiger partial charge < -0.3 is 15.4 Å². The van der Waals surface area contributed by atoms with E-state index in [9.17, 15) is 8.42 Å². The minimum Gasteiger partial charge on any atom is -0.496 e. The number of hydrogen-bond acceptors (Lipinski definition) is 7. The number of sulfonamides is 1. The summed E-state index contributed by atoms with van der Waals surface area (Å²) in [5, 5.41) is 6.76. The van der Waals surface area contributed by atoms with Crippen molar-refractivity contribution in [3.8, 4) is 5.75 Å². The highest BCUT2D eigenvalue weighted by Crippen LogP contribution is 2.28. The van der Waals surface area contributed by atoms with Gasteiger partial charge in [0, 0.05) is 29.2 Å². The van der Waals surface area contributed by atoms with Crippen LogP contribution in [0, 0.1) is 20.8 Å². The molecule has 0 aliphatic heterocycles. The molecular formula is C26H33N5O3S. The summed E-state index contributed by atoms with van der Waals surface area (Å²) in [7, 11) is -2.17. The molecule has 1 fully saturated rings. The summed E-state index contributed by atoms with van der Waals surface area (Å²) < 4.78 is 33.9. The van der Waals surface area contributed by atoms with Gasteiger partial charge in [-0.1, -0.05) is 19.3 Å². The van der Waals surface area contributed by atoms with E-state index in [1.807, 2.05) is 32.0 Å². The molecule has 2 aromatic carbocycles. The van der Waals surface area contributed by atoms with E-state index in [0.29, 0.717) is 34.8 Å². The molecular weight excluding hydrogens is 462 g/mol. The summed E-state index contributed by atoms with van der Waals surface area (Å²) in [6.45, 7) is 5.52. The number of nitrogens with one attached hydrogen (secondary N) is 3. The molecule has 8 nitrogen and oxygen atoms in total. The fourth-order valence-corrected chi connectivity index (χ4v) is 5.75. The largest absolute Gasteiger partial charge is 0.496 e. The van der Waals surface area contributed by atoms with Crippen molar-refractivity contribution >= 4 is 33.2 Å². The Labute approximate surface area is 207 Å². The van der Waals surface area contributed by atoms with Crippen LogP contribution in [-0.4, -0.2) is 31.5 Å². The predicted molar refractivity (Wildman–Crippen MR) is 140 cm³/mol. The molecule has 0 amide bonds. The highest BCUT2D eigenvalue weighted by molar-refractivity contribution is 7.92. The Morgan fingerprint density at radius 1 is 0.886 bits per heavy atom. The Morgan fingerprint density at radius 2 is 1.57 bits per heavy atom. The first-order valence-electron chi connectivity index (χ1n) is 11.9. The molecule has 1 saturated carbocycles. The number of hydrogen-bond donors (Lipinski definition) is 3. The van der Waals surface area contributed by atoms with E-state index < -0.39 is 10.0 Å². The second-order valence-electron chi connectivity index (χ2n) is 9.09. The van der Waals surface area contributed by atoms with Crippen LogP contribution in [0.3, 0.4) is 0 Å². The summed E-state index contributed by atoms with van der Waals surface area (Å²) in [5.41, 5.74) is 3.52. The zero-order valence-electron chi connectivity index (χ0n) is 20.7. The number of benzene rings is 2. The van der Waals surface area contributed by atoms with Crippen molar-refractivity contribution in [2.75, 3.05) is 22.5 Å². The van der Waals surface area contributed by atoms with Crippen LogP contribution in [-0.2, 0) is 10.0 Å². The van der Waals surface area contributed by atoms with Crippen molar-refractivity contribution in [1.29, 1.82) is 0 Å². The first-order valence-corrected chi connectivity index (χ1v) is 13.4. The molecule has 3 aromatic rings. The molecule has 0 spiro atoms. The third kappa shape index (κ3) is 6.22. The van der Waals surface area contributed by atoms with E-state index in [1.165, 1.54) is 19.3 Å². The molecule has 1 aromatic heterocycles. The summed E-state index contributed by atoms with van der Waals surface area (Å²) in [6.07, 6.45) is 6.07. The van der Waals surface area contributed by atoms with E-state index >= 15 is 0 Å². The SMILES string of the molecule is COc1cc(C)c(S(=O)(=O)Nc2ccc(Nc3cc(C)nc(NC4CCCCC4)n3)cc2)cc1C. The summed E-state index contributed by atoms with van der Waals surface area (Å²) in [6, 6.07) is 12.7. The number of rotatable bonds is 8. The Bertz CT molecular complexity index is 1290. The van der Waals surface area contributed by atoms with E-state index in [4.69, 9.17) is 4.74 Å². The smallest absolute Gasteiger partial charge is 0.262 e. The molecule has 35 heavy (non-hydrogen) atoms. The lowest BCUT2D eigenvalue weighted by atomic mass is 9.96. The Hall–Kier alpha value is -3.33. The number of aryl methyl sites for hydroxylation is 3. The molecule has 0 atom stereocenters. The molecule has 0 radical (unpaired) electrons. The van der Waals surface area contributed by atoms with Crippen molar-refractivity contribution in [3.63, 3.8) is 0 Å². The highest BCUT2D eigenvalue weighted by atomic mass is 32.2. The average Bonchev–Trinajstić information content (AvgIpc) is 2.81. The van der Waals surface area contributed by atoms with Crippen LogP contribution in [0.2, 0.25) is 0 Å². The lowest BCUT2D eigenvalue weighted by Gasteiger charge is -2.23. The standard InChI is InChI=1S/C26H33N5O3S/c1-17-15-24(18(2)14-23(17)34-4)35(32,33)31-22-12-10-21(11-13-22)28-25-16-19(3)27-26(30-25)29-20-8-6-5-7-9-20/h10-16,20,31H,5-9H2,1-4H3,(H2,27,28,29,30). The average molecular weight is 496 g/mol. The number of nitrogens with zero attached hydrogens (tertiary/aromatic N) is 2. The Kier molecular flexibility index (Phi) is 7.45. The van der Waals surface area contributed by atoms with Gasteiger partial charge in [0.15, 0.2) is 0 Å². The molecule has 4 rings (SSSR count). The maximum atomic E-state index is 13.0. The quantitative estimate of drug-likeness (QED) is 0.368. The monoisotopic (exact) mass is 495 g/mol. The normalized spacial score (nSPS) is 14.4. The number of ether oxygens (including phenoxy) is 1. The van der Waals surface area contributed by atoms with Gasteiger partial charge in [-0.3, -0.25) is 4.72 Å². The van der Waals surface area contributed by atoms with Crippen molar-refractivity contribution in [1.82, 2.24) is 9.97 Å². The van der Waals surface area contributed by atoms with Gasteiger partial charge in [0.05, 0.1) is 12.0 Å². The second kappa shape index (κ2) is 10.5. The lowest BCUT2D eigenvalue weighted by Crippen LogP contribution is -2.23. The molecule has 186 valence electrons. The second-order valence-corrected chi connectivity index (χ2v) is 10.7. The lowest BCUT2D eigenvalue weighted by molar-refractivity contribution is 0.411. The fraction of sp³-hybridized carbons (Fsp3) is 0.385. The van der Waals surface area contributed by atoms with Gasteiger partial charge in [-0.25, -0.2) is 13.4 Å². The third-order valence-corrected chi connectivity index (χ3v) is 7.71. The van der Waals surface area contributed by atoms with E-state index in [0.717, 1.165) is 29.8 Å². The van der Waals surface area contributed by atoms with Gasteiger partial charge >= 0.3 is 0 Å². The van der Waals surface area contributed by atoms with Crippen LogP contribution in [0.4, 0.5) is 23.1 Å². The predicted octanol–water partition coefficient (Wildman–Crippen LogP) is 5.70. The van der Waals surface area contributed by atoms with Gasteiger partial charge in [0.25, 0.3) is 10.0 Å². The van der Waals surface area contributed by atoms with Crippen molar-refractivity contribution in [2.24, 2.45) is 0 Å². The third-order valence-electron chi connectivity index (χ3n) is 6.18. The molecule has 1 aliphatic rings. The van der Waals surface area contributed by atoms with Crippen LogP contribution in [0.15, 0.2) is 47.4 Å². The van der Waals surface area contributed by atoms with Gasteiger partial charge in [-0.15, -0.1) is 0 Å². The molecule has 3 N–H and O–H groups in total. The number of anilines is 4. The molecule has 1 aliphatic carbocycles. The minimum atomic E-state index is -3.74. The van der Waals surface area contributed by atoms with Crippen molar-refractivity contribution in [2.45, 2.75) is 63.8 Å². The van der Waals surface area contributed by atoms with Crippen LogP contribution < -0.4 is 20.1 Å². The van der Waals surface area contributed by atoms with Gasteiger partial charge in [0.1, 0.15) is 11.6 Å². The summed E-state index contributed by atoms with van der Waals surface area (Å²) in [4.78, 5) is 9.38. The first kappa shape index (κ1) is 24.8. The fourth-order valence-electron chi connectivity index (χ4n) is 4.38. The van der Waals surface area contributed by atoms with Crippen molar-refractivity contribution in [3.05, 3.63) is 59.3 Å². The van der Waals surface area contributed by atoms with Crippen LogP contribution in [0.5, 0.6) is 5.75 Å². The Morgan fingerprint density at radius 3 is 2.26 bits per heavy atom. The summed E-state index contributed by atoms with van der Waals surface area (Å²) in [5.74, 6) is 1.98. The highest BCUT2D eigenvalue weighted by Gasteiger charge is 2.19. The van der Waals surface area contributed by atoms with Crippen LogP contribution in [0.1, 0.15) is 48.9 Å². The maximum absolute atomic E-state index is 13.0. The van der Waals surface area contributed by atoms with Gasteiger partial charge in [-0.05, 0) is 81.1 Å². The Balaban J connectivity index is 1.45. The van der Waals surface area contributed by atoms with Gasteiger partial charge in [0.2, 0.25) is 5.95 Å². The first-order chi connectivity index (χ1) is 16.7. The molecule has 0 unspecified atom stereocenters. The summed E-state index contributed by atoms with van der Waals surface area (Å²) >= 11 is 0. The minimum absolute atomic E-state index is 0.229. The van der Waals surface area contributed by atoms with Gasteiger partial charge in [-0.2, -0.15) is 4.98 Å².